The minimum atomic E-state index is -0.417. The molecule has 5 nitrogen and oxygen atoms in total. The van der Waals surface area contributed by atoms with Gasteiger partial charge in [-0.15, -0.1) is 6.58 Å². The van der Waals surface area contributed by atoms with Crippen LogP contribution < -0.4 is 0 Å². The van der Waals surface area contributed by atoms with Gasteiger partial charge in [0, 0.05) is 0 Å². The number of allylic oxidation sites excluding steroid dienone is 1. The van der Waals surface area contributed by atoms with E-state index in [0.29, 0.717) is 26.4 Å². The second kappa shape index (κ2) is 15.3. The van der Waals surface area contributed by atoms with Crippen LogP contribution in [0.5, 0.6) is 0 Å². The normalized spacial score (nSPS) is 23.0. The predicted molar refractivity (Wildman–Crippen MR) is 149 cm³/mol. The number of ether oxygens (including phenoxy) is 5. The maximum absolute atomic E-state index is 6.62. The van der Waals surface area contributed by atoms with E-state index < -0.39 is 12.2 Å². The molecule has 0 saturated carbocycles. The van der Waals surface area contributed by atoms with Crippen molar-refractivity contribution in [3.8, 4) is 0 Å². The fraction of sp³-hybridized carbons (Fsp3) is 0.333. The van der Waals surface area contributed by atoms with Crippen LogP contribution >= 0.6 is 0 Å². The highest BCUT2D eigenvalue weighted by Gasteiger charge is 2.48. The van der Waals surface area contributed by atoms with Gasteiger partial charge >= 0.3 is 0 Å². The molecule has 1 heterocycles. The first kappa shape index (κ1) is 27.8. The van der Waals surface area contributed by atoms with Crippen LogP contribution in [0.25, 0.3) is 0 Å². The molecule has 0 aliphatic carbocycles. The summed E-state index contributed by atoms with van der Waals surface area (Å²) in [6.07, 6.45) is 3.12. The lowest BCUT2D eigenvalue weighted by atomic mass is 9.92. The largest absolute Gasteiger partial charge is 0.493 e. The zero-order valence-electron chi connectivity index (χ0n) is 21.9. The Morgan fingerprint density at radius 1 is 0.632 bits per heavy atom. The summed E-state index contributed by atoms with van der Waals surface area (Å²) in [6.45, 7) is 9.43. The van der Waals surface area contributed by atoms with Crippen LogP contribution in [0.4, 0.5) is 0 Å². The first-order valence-corrected chi connectivity index (χ1v) is 13.2. The van der Waals surface area contributed by atoms with Gasteiger partial charge in [0.15, 0.2) is 6.10 Å². The molecule has 1 fully saturated rings. The topological polar surface area (TPSA) is 46.2 Å². The Morgan fingerprint density at radius 2 is 1.16 bits per heavy atom. The lowest BCUT2D eigenvalue weighted by molar-refractivity contribution is -0.262. The molecule has 0 bridgehead atoms. The van der Waals surface area contributed by atoms with E-state index in [1.165, 1.54) is 6.26 Å². The Morgan fingerprint density at radius 3 is 1.68 bits per heavy atom. The van der Waals surface area contributed by atoms with Gasteiger partial charge in [0.25, 0.3) is 0 Å². The first-order chi connectivity index (χ1) is 18.8. The van der Waals surface area contributed by atoms with Crippen LogP contribution in [0.2, 0.25) is 0 Å². The lowest BCUT2D eigenvalue weighted by Crippen LogP contribution is -2.60. The zero-order chi connectivity index (χ0) is 26.4. The lowest BCUT2D eigenvalue weighted by Gasteiger charge is -2.46. The van der Waals surface area contributed by atoms with Crippen LogP contribution in [-0.4, -0.2) is 37.1 Å². The number of benzene rings is 3. The highest BCUT2D eigenvalue weighted by Crippen LogP contribution is 2.32. The summed E-state index contributed by atoms with van der Waals surface area (Å²) < 4.78 is 32.0. The van der Waals surface area contributed by atoms with E-state index in [9.17, 15) is 0 Å². The summed E-state index contributed by atoms with van der Waals surface area (Å²) >= 11 is 0. The first-order valence-electron chi connectivity index (χ1n) is 13.2. The number of rotatable bonds is 15. The van der Waals surface area contributed by atoms with Crippen molar-refractivity contribution in [3.05, 3.63) is 133 Å². The number of hydrogen-bond acceptors (Lipinski definition) is 5. The molecule has 0 radical (unpaired) electrons. The van der Waals surface area contributed by atoms with Gasteiger partial charge in [-0.25, -0.2) is 0 Å². The molecule has 1 aliphatic heterocycles. The zero-order valence-corrected chi connectivity index (χ0v) is 21.9. The van der Waals surface area contributed by atoms with Crippen molar-refractivity contribution in [3.63, 3.8) is 0 Å². The van der Waals surface area contributed by atoms with E-state index in [1.54, 1.807) is 0 Å². The average molecular weight is 515 g/mol. The van der Waals surface area contributed by atoms with E-state index in [4.69, 9.17) is 23.7 Å². The Labute approximate surface area is 226 Å². The fourth-order valence-electron chi connectivity index (χ4n) is 4.71. The summed E-state index contributed by atoms with van der Waals surface area (Å²) in [5.41, 5.74) is 3.27. The van der Waals surface area contributed by atoms with E-state index >= 15 is 0 Å². The minimum Gasteiger partial charge on any atom is -0.493 e. The molecule has 1 saturated heterocycles. The third-order valence-electron chi connectivity index (χ3n) is 6.60. The molecule has 5 heteroatoms. The maximum Gasteiger partial charge on any atom is 0.152 e. The van der Waals surface area contributed by atoms with Gasteiger partial charge in [-0.1, -0.05) is 104 Å². The summed E-state index contributed by atoms with van der Waals surface area (Å²) in [5.74, 6) is 0. The van der Waals surface area contributed by atoms with Crippen LogP contribution in [0.1, 0.15) is 29.5 Å². The summed E-state index contributed by atoms with van der Waals surface area (Å²) in [5, 5.41) is 0. The molecule has 1 aliphatic rings. The maximum atomic E-state index is 6.62. The average Bonchev–Trinajstić information content (AvgIpc) is 2.97. The molecule has 0 amide bonds. The molecule has 0 unspecified atom stereocenters. The van der Waals surface area contributed by atoms with Crippen molar-refractivity contribution in [2.75, 3.05) is 6.61 Å². The van der Waals surface area contributed by atoms with Crippen molar-refractivity contribution < 1.29 is 23.7 Å². The van der Waals surface area contributed by atoms with Crippen LogP contribution in [0.3, 0.4) is 0 Å². The van der Waals surface area contributed by atoms with Crippen LogP contribution in [-0.2, 0) is 43.5 Å². The van der Waals surface area contributed by atoms with Crippen molar-refractivity contribution in [2.45, 2.75) is 63.2 Å². The molecule has 0 aromatic heterocycles. The van der Waals surface area contributed by atoms with E-state index in [1.807, 2.05) is 60.7 Å². The predicted octanol–water partition coefficient (Wildman–Crippen LogP) is 6.64. The Bertz CT molecular complexity index is 1070. The molecule has 3 aromatic carbocycles. The van der Waals surface area contributed by atoms with Gasteiger partial charge in [0.1, 0.15) is 18.3 Å². The van der Waals surface area contributed by atoms with Crippen molar-refractivity contribution >= 4 is 0 Å². The molecule has 3 aromatic rings. The molecule has 0 N–H and O–H groups in total. The van der Waals surface area contributed by atoms with Crippen molar-refractivity contribution in [1.29, 1.82) is 0 Å². The van der Waals surface area contributed by atoms with Gasteiger partial charge in [-0.05, 0) is 29.5 Å². The highest BCUT2D eigenvalue weighted by atomic mass is 16.6. The van der Waals surface area contributed by atoms with Gasteiger partial charge in [0.2, 0.25) is 0 Å². The molecule has 0 spiro atoms. The molecule has 200 valence electrons. The summed E-state index contributed by atoms with van der Waals surface area (Å²) in [4.78, 5) is 0. The van der Waals surface area contributed by atoms with Crippen molar-refractivity contribution in [1.82, 2.24) is 0 Å². The third kappa shape index (κ3) is 8.14. The van der Waals surface area contributed by atoms with Crippen LogP contribution in [0, 0.1) is 0 Å². The van der Waals surface area contributed by atoms with Crippen LogP contribution in [0.15, 0.2) is 116 Å². The number of hydrogen-bond donors (Lipinski definition) is 0. The molecule has 5 atom stereocenters. The van der Waals surface area contributed by atoms with Gasteiger partial charge in [0.05, 0.1) is 38.8 Å². The molecular weight excluding hydrogens is 476 g/mol. The molecule has 38 heavy (non-hydrogen) atoms. The molecule has 4 rings (SSSR count). The SMILES string of the molecule is C=CCC[C@@H]1O[C@H](COCc2ccccc2)[C@@H](OCc2ccccc2)[C@H](OCc2ccccc2)[C@H]1OC=C. The Balaban J connectivity index is 1.57. The quantitative estimate of drug-likeness (QED) is 0.168. The fourth-order valence-corrected chi connectivity index (χ4v) is 4.71. The minimum absolute atomic E-state index is 0.228. The van der Waals surface area contributed by atoms with E-state index in [2.05, 4.69) is 49.6 Å². The van der Waals surface area contributed by atoms with Gasteiger partial charge in [-0.2, -0.15) is 0 Å². The Kier molecular flexibility index (Phi) is 11.2. The monoisotopic (exact) mass is 514 g/mol. The van der Waals surface area contributed by atoms with E-state index in [0.717, 1.165) is 29.5 Å². The Hall–Kier alpha value is -3.22. The standard InChI is InChI=1S/C33H38O5/c1-3-5-21-29-31(35-4-2)33(37-24-28-19-13-8-14-20-28)32(36-23-27-17-11-7-12-18-27)30(38-29)25-34-22-26-15-9-6-10-16-26/h3-4,6-20,29-33H,1-2,5,21-25H2/t29-,30+,31-,32+,33+/m0/s1. The van der Waals surface area contributed by atoms with Gasteiger partial charge < -0.3 is 23.7 Å². The highest BCUT2D eigenvalue weighted by molar-refractivity contribution is 5.15. The second-order valence-electron chi connectivity index (χ2n) is 9.37. The van der Waals surface area contributed by atoms with E-state index in [-0.39, 0.29) is 18.3 Å². The second-order valence-corrected chi connectivity index (χ2v) is 9.37. The summed E-state index contributed by atoms with van der Waals surface area (Å²) in [7, 11) is 0. The smallest absolute Gasteiger partial charge is 0.152 e. The third-order valence-corrected chi connectivity index (χ3v) is 6.60. The van der Waals surface area contributed by atoms with Gasteiger partial charge in [-0.3, -0.25) is 0 Å². The molecular formula is C33H38O5. The summed E-state index contributed by atoms with van der Waals surface area (Å²) in [6, 6.07) is 30.4. The van der Waals surface area contributed by atoms with Crippen molar-refractivity contribution in [2.24, 2.45) is 0 Å².